The van der Waals surface area contributed by atoms with E-state index in [1.54, 1.807) is 43.2 Å². The van der Waals surface area contributed by atoms with Crippen LogP contribution in [0.15, 0.2) is 0 Å². The smallest absolute Gasteiger partial charge is 0.326 e. The van der Waals surface area contributed by atoms with Crippen molar-refractivity contribution >= 4 is 72.8 Å². The van der Waals surface area contributed by atoms with Gasteiger partial charge in [0.25, 0.3) is 0 Å². The summed E-state index contributed by atoms with van der Waals surface area (Å²) in [6.07, 6.45) is 21.0. The summed E-state index contributed by atoms with van der Waals surface area (Å²) >= 11 is 0. The van der Waals surface area contributed by atoms with Gasteiger partial charge in [0.15, 0.2) is 0 Å². The Bertz CT molecular complexity index is 875. The molecule has 0 rings (SSSR count). The molecular formula is C41H90N4O12S4. The molecule has 1 unspecified atom stereocenters. The molecular weight excluding hydrogens is 869 g/mol. The highest BCUT2D eigenvalue weighted by atomic mass is 33.1. The molecule has 0 aliphatic carbocycles. The van der Waals surface area contributed by atoms with E-state index >= 15 is 0 Å². The molecule has 61 heavy (non-hydrogen) atoms. The van der Waals surface area contributed by atoms with Crippen LogP contribution in [0, 0.1) is 0 Å². The monoisotopic (exact) mass is 959 g/mol. The number of aliphatic hydroxyl groups is 1. The fourth-order valence-electron chi connectivity index (χ4n) is 3.99. The van der Waals surface area contributed by atoms with Gasteiger partial charge in [-0.15, -0.1) is 0 Å². The third kappa shape index (κ3) is 82.8. The van der Waals surface area contributed by atoms with E-state index in [2.05, 4.69) is 60.7 Å². The molecule has 0 bridgehead atoms. The van der Waals surface area contributed by atoms with Crippen molar-refractivity contribution in [3.8, 4) is 0 Å². The summed E-state index contributed by atoms with van der Waals surface area (Å²) in [5.74, 6) is 0.595. The maximum absolute atomic E-state index is 12.2. The summed E-state index contributed by atoms with van der Waals surface area (Å²) in [5, 5.41) is 40.8. The zero-order valence-corrected chi connectivity index (χ0v) is 42.8. The van der Waals surface area contributed by atoms with Gasteiger partial charge in [0.05, 0.1) is 39.6 Å². The molecule has 0 aromatic rings. The van der Waals surface area contributed by atoms with E-state index in [9.17, 15) is 29.1 Å². The Morgan fingerprint density at radius 3 is 1.33 bits per heavy atom. The highest BCUT2D eigenvalue weighted by molar-refractivity contribution is 8.76. The Labute approximate surface area is 386 Å². The van der Waals surface area contributed by atoms with Crippen molar-refractivity contribution in [3.63, 3.8) is 0 Å². The molecule has 0 aromatic carbocycles. The third-order valence-electron chi connectivity index (χ3n) is 7.15. The van der Waals surface area contributed by atoms with E-state index in [1.165, 1.54) is 12.8 Å². The zero-order valence-electron chi connectivity index (χ0n) is 39.5. The Kier molecular flexibility index (Phi) is 88.3. The van der Waals surface area contributed by atoms with Crippen molar-refractivity contribution in [1.82, 2.24) is 16.0 Å². The SMILES string of the molecule is CC.CC.CCCC.CSSC.CSSC.NO.O=C(O)CCCCCCCCCCCCC(=O)NC(CCC(=O)NCCOCCOCC(=O)NCCOCCO)C(=O)O. The Morgan fingerprint density at radius 2 is 0.934 bits per heavy atom. The molecule has 0 saturated heterocycles. The molecule has 0 heterocycles. The van der Waals surface area contributed by atoms with Crippen molar-refractivity contribution in [1.29, 1.82) is 0 Å². The zero-order chi connectivity index (χ0) is 48.2. The lowest BCUT2D eigenvalue weighted by Gasteiger charge is -2.14. The van der Waals surface area contributed by atoms with Crippen molar-refractivity contribution in [2.75, 3.05) is 84.4 Å². The van der Waals surface area contributed by atoms with E-state index in [-0.39, 0.29) is 89.6 Å². The van der Waals surface area contributed by atoms with Gasteiger partial charge in [0.2, 0.25) is 17.7 Å². The summed E-state index contributed by atoms with van der Waals surface area (Å²) in [6, 6.07) is -1.13. The number of carbonyl (C=O) groups is 5. The number of hydrogen-bond acceptors (Lipinski definition) is 15. The molecule has 9 N–H and O–H groups in total. The topological polar surface area (TPSA) is 256 Å². The third-order valence-corrected chi connectivity index (χ3v) is 9.82. The fourth-order valence-corrected chi connectivity index (χ4v) is 3.99. The number of carboxylic acid groups (broad SMARTS) is 2. The Morgan fingerprint density at radius 1 is 0.541 bits per heavy atom. The molecule has 1 atom stereocenters. The lowest BCUT2D eigenvalue weighted by molar-refractivity contribution is -0.142. The lowest BCUT2D eigenvalue weighted by atomic mass is 10.0. The second-order valence-electron chi connectivity index (χ2n) is 11.8. The minimum atomic E-state index is -1.18. The van der Waals surface area contributed by atoms with Crippen LogP contribution in [-0.4, -0.2) is 141 Å². The van der Waals surface area contributed by atoms with E-state index in [0.717, 1.165) is 57.8 Å². The fraction of sp³-hybridized carbons (Fsp3) is 0.878. The molecule has 0 radical (unpaired) electrons. The first-order valence-electron chi connectivity index (χ1n) is 21.5. The minimum absolute atomic E-state index is 0.0203. The predicted molar refractivity (Wildman–Crippen MR) is 261 cm³/mol. The van der Waals surface area contributed by atoms with Crippen LogP contribution in [0.25, 0.3) is 0 Å². The number of nitrogens with two attached hydrogens (primary N) is 1. The Hall–Kier alpha value is -1.49. The Balaban J connectivity index is -0.000000275. The van der Waals surface area contributed by atoms with Crippen LogP contribution in [0.5, 0.6) is 0 Å². The number of aliphatic hydroxyl groups excluding tert-OH is 1. The molecule has 20 heteroatoms. The van der Waals surface area contributed by atoms with Crippen LogP contribution >= 0.6 is 43.2 Å². The van der Waals surface area contributed by atoms with Crippen LogP contribution < -0.4 is 21.8 Å². The average Bonchev–Trinajstić information content (AvgIpc) is 3.28. The van der Waals surface area contributed by atoms with Crippen LogP contribution in [0.2, 0.25) is 0 Å². The van der Waals surface area contributed by atoms with Gasteiger partial charge < -0.3 is 50.7 Å². The number of nitrogens with one attached hydrogen (secondary N) is 3. The number of aliphatic carboxylic acids is 2. The number of amides is 3. The summed E-state index contributed by atoms with van der Waals surface area (Å²) < 4.78 is 15.5. The first-order valence-corrected chi connectivity index (χ1v) is 27.4. The second kappa shape index (κ2) is 72.9. The maximum atomic E-state index is 12.2. The molecule has 0 spiro atoms. The molecule has 0 fully saturated rings. The summed E-state index contributed by atoms with van der Waals surface area (Å²) in [4.78, 5) is 57.7. The molecule has 3 amide bonds. The number of rotatable bonds is 34. The number of carbonyl (C=O) groups excluding carboxylic acids is 3. The standard InChI is InChI=1S/C29H53N3O11.C4H10.2C2H6S2.2C2H6.H3NO/c33-17-20-41-18-16-31-27(36)23-43-22-21-42-19-15-30-25(34)14-13-24(29(39)40)32-26(35)11-9-7-5-3-1-2-4-6-8-10-12-28(37)38;3*1-3-4-2;3*1-2/h24,33H,1-23H2,(H,30,34)(H,31,36)(H,32,35)(H,37,38)(H,39,40);3-4H2,1-2H3;2*1-2H3;2*1-2H3;2H,1H2. The lowest BCUT2D eigenvalue weighted by Crippen LogP contribution is -2.41. The van der Waals surface area contributed by atoms with E-state index < -0.39 is 18.0 Å². The van der Waals surface area contributed by atoms with Gasteiger partial charge in [0, 0.05) is 32.4 Å². The van der Waals surface area contributed by atoms with Gasteiger partial charge >= 0.3 is 11.9 Å². The van der Waals surface area contributed by atoms with Gasteiger partial charge in [0.1, 0.15) is 12.6 Å². The van der Waals surface area contributed by atoms with E-state index in [1.807, 2.05) is 27.7 Å². The summed E-state index contributed by atoms with van der Waals surface area (Å²) in [5.41, 5.74) is 0. The quantitative estimate of drug-likeness (QED) is 0.0174. The van der Waals surface area contributed by atoms with Crippen LogP contribution in [0.4, 0.5) is 0 Å². The second-order valence-corrected chi connectivity index (χ2v) is 17.1. The number of carboxylic acids is 2. The molecule has 0 aliphatic heterocycles. The molecule has 0 aromatic heterocycles. The van der Waals surface area contributed by atoms with Gasteiger partial charge in [-0.25, -0.2) is 10.7 Å². The number of hydrogen-bond donors (Lipinski definition) is 8. The first-order chi connectivity index (χ1) is 29.5. The van der Waals surface area contributed by atoms with Crippen molar-refractivity contribution in [2.45, 2.75) is 150 Å². The van der Waals surface area contributed by atoms with E-state index in [4.69, 9.17) is 29.6 Å². The predicted octanol–water partition coefficient (Wildman–Crippen LogP) is 7.82. The molecule has 370 valence electrons. The number of ether oxygens (including phenoxy) is 3. The molecule has 16 nitrogen and oxygen atoms in total. The van der Waals surface area contributed by atoms with Crippen LogP contribution in [0.1, 0.15) is 144 Å². The minimum Gasteiger partial charge on any atom is -0.481 e. The van der Waals surface area contributed by atoms with Crippen molar-refractivity contribution < 1.29 is 58.7 Å². The van der Waals surface area contributed by atoms with Crippen molar-refractivity contribution in [2.24, 2.45) is 5.90 Å². The summed E-state index contributed by atoms with van der Waals surface area (Å²) in [7, 11) is 7.09. The van der Waals surface area contributed by atoms with Crippen molar-refractivity contribution in [3.05, 3.63) is 0 Å². The number of unbranched alkanes of at least 4 members (excludes halogenated alkanes) is 10. The molecule has 0 aliphatic rings. The highest BCUT2D eigenvalue weighted by Crippen LogP contribution is 2.12. The summed E-state index contributed by atoms with van der Waals surface area (Å²) in [6.45, 7) is 13.9. The van der Waals surface area contributed by atoms with E-state index in [0.29, 0.717) is 19.6 Å². The maximum Gasteiger partial charge on any atom is 0.326 e. The van der Waals surface area contributed by atoms with Gasteiger partial charge in [-0.2, -0.15) is 0 Å². The van der Waals surface area contributed by atoms with Gasteiger partial charge in [-0.3, -0.25) is 19.2 Å². The van der Waals surface area contributed by atoms with Crippen LogP contribution in [-0.2, 0) is 38.2 Å². The van der Waals surface area contributed by atoms with Gasteiger partial charge in [-0.1, -0.05) is 149 Å². The first kappa shape index (κ1) is 73.9. The highest BCUT2D eigenvalue weighted by Gasteiger charge is 2.20. The van der Waals surface area contributed by atoms with Crippen LogP contribution in [0.3, 0.4) is 0 Å². The average molecular weight is 959 g/mol. The normalized spacial score (nSPS) is 9.92. The molecule has 0 saturated carbocycles. The van der Waals surface area contributed by atoms with Gasteiger partial charge in [-0.05, 0) is 44.3 Å². The largest absolute Gasteiger partial charge is 0.481 e.